The average molecular weight is 335 g/mol. The third-order valence-electron chi connectivity index (χ3n) is 3.57. The Balaban J connectivity index is 1.68. The maximum absolute atomic E-state index is 14.2. The standard InChI is InChI=1S/C16H18FN3O2S/c1-10(21)19-11-4-5-13(14(17)7-11)15-9-23-16(20-15)18-8-12-3-2-6-22-12/h4-5,7,9,12H,2-3,6,8H2,1H3,(H,18,20)(H,19,21)/t12-/m0/s1. The summed E-state index contributed by atoms with van der Waals surface area (Å²) in [6, 6.07) is 4.59. The fourth-order valence-corrected chi connectivity index (χ4v) is 3.21. The van der Waals surface area contributed by atoms with Gasteiger partial charge in [0.1, 0.15) is 5.82 Å². The predicted molar refractivity (Wildman–Crippen MR) is 89.3 cm³/mol. The number of carbonyl (C=O) groups excluding carboxylic acids is 1. The molecule has 1 saturated heterocycles. The molecular weight excluding hydrogens is 317 g/mol. The van der Waals surface area contributed by atoms with Crippen molar-refractivity contribution in [3.05, 3.63) is 29.4 Å². The number of amides is 1. The normalized spacial score (nSPS) is 17.2. The SMILES string of the molecule is CC(=O)Nc1ccc(-c2csc(NC[C@@H]3CCCO3)n2)c(F)c1. The van der Waals surface area contributed by atoms with Crippen LogP contribution in [0.15, 0.2) is 23.6 Å². The molecule has 2 heterocycles. The topological polar surface area (TPSA) is 63.2 Å². The van der Waals surface area contributed by atoms with Crippen LogP contribution in [0.4, 0.5) is 15.2 Å². The van der Waals surface area contributed by atoms with Crippen LogP contribution in [0.2, 0.25) is 0 Å². The van der Waals surface area contributed by atoms with Crippen LogP contribution >= 0.6 is 11.3 Å². The van der Waals surface area contributed by atoms with Crippen LogP contribution in [-0.2, 0) is 9.53 Å². The van der Waals surface area contributed by atoms with E-state index < -0.39 is 5.82 Å². The number of hydrogen-bond acceptors (Lipinski definition) is 5. The summed E-state index contributed by atoms with van der Waals surface area (Å²) < 4.78 is 19.7. The van der Waals surface area contributed by atoms with Crippen molar-refractivity contribution >= 4 is 28.1 Å². The predicted octanol–water partition coefficient (Wildman–Crippen LogP) is 3.50. The monoisotopic (exact) mass is 335 g/mol. The van der Waals surface area contributed by atoms with Gasteiger partial charge in [0, 0.05) is 36.7 Å². The van der Waals surface area contributed by atoms with Gasteiger partial charge in [-0.2, -0.15) is 0 Å². The molecular formula is C16H18FN3O2S. The largest absolute Gasteiger partial charge is 0.376 e. The molecule has 3 rings (SSSR count). The smallest absolute Gasteiger partial charge is 0.221 e. The summed E-state index contributed by atoms with van der Waals surface area (Å²) >= 11 is 1.44. The lowest BCUT2D eigenvalue weighted by atomic mass is 10.1. The number of nitrogens with zero attached hydrogens (tertiary/aromatic N) is 1. The molecule has 5 nitrogen and oxygen atoms in total. The van der Waals surface area contributed by atoms with E-state index in [4.69, 9.17) is 4.74 Å². The van der Waals surface area contributed by atoms with Gasteiger partial charge in [-0.25, -0.2) is 9.37 Å². The quantitative estimate of drug-likeness (QED) is 0.878. The van der Waals surface area contributed by atoms with Gasteiger partial charge in [-0.3, -0.25) is 4.79 Å². The highest BCUT2D eigenvalue weighted by Gasteiger charge is 2.16. The molecule has 0 saturated carbocycles. The van der Waals surface area contributed by atoms with Crippen molar-refractivity contribution in [2.45, 2.75) is 25.9 Å². The Labute approximate surface area is 137 Å². The van der Waals surface area contributed by atoms with Gasteiger partial charge < -0.3 is 15.4 Å². The van der Waals surface area contributed by atoms with Gasteiger partial charge in [0.15, 0.2) is 5.13 Å². The highest BCUT2D eigenvalue weighted by molar-refractivity contribution is 7.14. The molecule has 1 atom stereocenters. The van der Waals surface area contributed by atoms with Gasteiger partial charge in [0.05, 0.1) is 11.8 Å². The number of nitrogens with one attached hydrogen (secondary N) is 2. The third-order valence-corrected chi connectivity index (χ3v) is 4.37. The van der Waals surface area contributed by atoms with Gasteiger partial charge in [-0.05, 0) is 31.0 Å². The molecule has 0 unspecified atom stereocenters. The zero-order chi connectivity index (χ0) is 16.2. The van der Waals surface area contributed by atoms with Crippen LogP contribution in [0, 0.1) is 5.82 Å². The van der Waals surface area contributed by atoms with E-state index in [1.54, 1.807) is 12.1 Å². The molecule has 1 aliphatic heterocycles. The molecule has 2 aromatic rings. The molecule has 1 fully saturated rings. The number of thiazole rings is 1. The first-order chi connectivity index (χ1) is 11.1. The van der Waals surface area contributed by atoms with Crippen molar-refractivity contribution in [1.82, 2.24) is 4.98 Å². The highest BCUT2D eigenvalue weighted by atomic mass is 32.1. The maximum Gasteiger partial charge on any atom is 0.221 e. The second kappa shape index (κ2) is 7.06. The first kappa shape index (κ1) is 15.9. The summed E-state index contributed by atoms with van der Waals surface area (Å²) in [6.45, 7) is 2.93. The first-order valence-electron chi connectivity index (χ1n) is 7.50. The Morgan fingerprint density at radius 2 is 2.39 bits per heavy atom. The van der Waals surface area contributed by atoms with E-state index in [0.29, 0.717) is 16.9 Å². The maximum atomic E-state index is 14.2. The highest BCUT2D eigenvalue weighted by Crippen LogP contribution is 2.29. The molecule has 1 aliphatic rings. The van der Waals surface area contributed by atoms with Crippen molar-refractivity contribution in [2.75, 3.05) is 23.8 Å². The summed E-state index contributed by atoms with van der Waals surface area (Å²) in [5, 5.41) is 8.36. The van der Waals surface area contributed by atoms with Crippen molar-refractivity contribution in [2.24, 2.45) is 0 Å². The molecule has 7 heteroatoms. The number of ether oxygens (including phenoxy) is 1. The lowest BCUT2D eigenvalue weighted by molar-refractivity contribution is -0.114. The summed E-state index contributed by atoms with van der Waals surface area (Å²) in [4.78, 5) is 15.4. The summed E-state index contributed by atoms with van der Waals surface area (Å²) in [5.41, 5.74) is 1.43. The Kier molecular flexibility index (Phi) is 4.88. The number of halogens is 1. The van der Waals surface area contributed by atoms with E-state index in [2.05, 4.69) is 15.6 Å². The van der Waals surface area contributed by atoms with Crippen molar-refractivity contribution in [3.8, 4) is 11.3 Å². The van der Waals surface area contributed by atoms with Gasteiger partial charge in [0.2, 0.25) is 5.91 Å². The summed E-state index contributed by atoms with van der Waals surface area (Å²) in [7, 11) is 0. The van der Waals surface area contributed by atoms with Crippen LogP contribution < -0.4 is 10.6 Å². The number of anilines is 2. The van der Waals surface area contributed by atoms with E-state index in [0.717, 1.165) is 31.1 Å². The van der Waals surface area contributed by atoms with Crippen LogP contribution in [0.1, 0.15) is 19.8 Å². The lowest BCUT2D eigenvalue weighted by Gasteiger charge is -2.09. The van der Waals surface area contributed by atoms with E-state index >= 15 is 0 Å². The van der Waals surface area contributed by atoms with Gasteiger partial charge >= 0.3 is 0 Å². The minimum absolute atomic E-state index is 0.230. The van der Waals surface area contributed by atoms with Crippen molar-refractivity contribution in [3.63, 3.8) is 0 Å². The average Bonchev–Trinajstić information content (AvgIpc) is 3.16. The number of hydrogen-bond donors (Lipinski definition) is 2. The van der Waals surface area contributed by atoms with Crippen LogP contribution in [0.5, 0.6) is 0 Å². The summed E-state index contributed by atoms with van der Waals surface area (Å²) in [6.07, 6.45) is 2.39. The number of aromatic nitrogens is 1. The molecule has 1 amide bonds. The van der Waals surface area contributed by atoms with Gasteiger partial charge in [-0.1, -0.05) is 0 Å². The zero-order valence-corrected chi connectivity index (χ0v) is 13.6. The molecule has 122 valence electrons. The van der Waals surface area contributed by atoms with Crippen LogP contribution in [-0.4, -0.2) is 30.1 Å². The Morgan fingerprint density at radius 3 is 3.09 bits per heavy atom. The minimum atomic E-state index is -0.410. The molecule has 0 spiro atoms. The van der Waals surface area contributed by atoms with E-state index in [1.165, 1.54) is 24.3 Å². The van der Waals surface area contributed by atoms with E-state index in [-0.39, 0.29) is 12.0 Å². The molecule has 23 heavy (non-hydrogen) atoms. The number of rotatable bonds is 5. The van der Waals surface area contributed by atoms with Crippen LogP contribution in [0.3, 0.4) is 0 Å². The first-order valence-corrected chi connectivity index (χ1v) is 8.38. The Morgan fingerprint density at radius 1 is 1.52 bits per heavy atom. The van der Waals surface area contributed by atoms with Crippen molar-refractivity contribution in [1.29, 1.82) is 0 Å². The second-order valence-corrected chi connectivity index (χ2v) is 6.29. The third kappa shape index (κ3) is 4.05. The Bertz CT molecular complexity index is 698. The molecule has 0 radical (unpaired) electrons. The zero-order valence-electron chi connectivity index (χ0n) is 12.8. The molecule has 0 bridgehead atoms. The summed E-state index contributed by atoms with van der Waals surface area (Å²) in [5.74, 6) is -0.640. The van der Waals surface area contributed by atoms with Gasteiger partial charge in [0.25, 0.3) is 0 Å². The minimum Gasteiger partial charge on any atom is -0.376 e. The van der Waals surface area contributed by atoms with Crippen molar-refractivity contribution < 1.29 is 13.9 Å². The number of carbonyl (C=O) groups is 1. The molecule has 0 aliphatic carbocycles. The molecule has 1 aromatic heterocycles. The lowest BCUT2D eigenvalue weighted by Crippen LogP contribution is -2.18. The fourth-order valence-electron chi connectivity index (χ4n) is 2.49. The van der Waals surface area contributed by atoms with E-state index in [1.807, 2.05) is 5.38 Å². The second-order valence-electron chi connectivity index (χ2n) is 5.43. The Hall–Kier alpha value is -1.99. The molecule has 1 aromatic carbocycles. The van der Waals surface area contributed by atoms with Crippen LogP contribution in [0.25, 0.3) is 11.3 Å². The van der Waals surface area contributed by atoms with Gasteiger partial charge in [-0.15, -0.1) is 11.3 Å². The van der Waals surface area contributed by atoms with E-state index in [9.17, 15) is 9.18 Å². The number of benzene rings is 1. The molecule has 2 N–H and O–H groups in total. The fraction of sp³-hybridized carbons (Fsp3) is 0.375.